The van der Waals surface area contributed by atoms with Crippen molar-refractivity contribution >= 4 is 34.3 Å². The fourth-order valence-electron chi connectivity index (χ4n) is 2.03. The maximum Gasteiger partial charge on any atom is 0.0292 e. The van der Waals surface area contributed by atoms with Crippen molar-refractivity contribution in [2.24, 2.45) is 0 Å². The highest BCUT2D eigenvalue weighted by Crippen LogP contribution is 2.43. The molecule has 0 fully saturated rings. The van der Waals surface area contributed by atoms with Crippen LogP contribution in [0, 0.1) is 0 Å². The summed E-state index contributed by atoms with van der Waals surface area (Å²) in [5.74, 6) is 0. The summed E-state index contributed by atoms with van der Waals surface area (Å²) in [4.78, 5) is 2.87. The van der Waals surface area contributed by atoms with E-state index in [1.165, 1.54) is 27.0 Å². The summed E-state index contributed by atoms with van der Waals surface area (Å²) in [5.41, 5.74) is 0. The monoisotopic (exact) mass is 304 g/mol. The van der Waals surface area contributed by atoms with E-state index < -0.39 is 0 Å². The van der Waals surface area contributed by atoms with Gasteiger partial charge in [0.1, 0.15) is 0 Å². The van der Waals surface area contributed by atoms with E-state index in [2.05, 4.69) is 71.0 Å². The van der Waals surface area contributed by atoms with Gasteiger partial charge in [0, 0.05) is 19.8 Å². The van der Waals surface area contributed by atoms with E-state index in [-0.39, 0.29) is 4.75 Å². The third-order valence-electron chi connectivity index (χ3n) is 3.15. The average molecular weight is 305 g/mol. The fourth-order valence-corrected chi connectivity index (χ4v) is 4.34. The highest BCUT2D eigenvalue weighted by Gasteiger charge is 2.18. The minimum Gasteiger partial charge on any atom is -0.122 e. The molecule has 0 aliphatic carbocycles. The van der Waals surface area contributed by atoms with Crippen molar-refractivity contribution in [3.05, 3.63) is 36.4 Å². The molecule has 1 unspecified atom stereocenters. The Morgan fingerprint density at radius 3 is 2.40 bits per heavy atom. The lowest BCUT2D eigenvalue weighted by atomic mass is 10.1. The van der Waals surface area contributed by atoms with Gasteiger partial charge in [-0.25, -0.2) is 0 Å². The van der Waals surface area contributed by atoms with E-state index in [0.717, 1.165) is 0 Å². The second kappa shape index (κ2) is 6.44. The number of benzene rings is 2. The average Bonchev–Trinajstić information content (AvgIpc) is 2.40. The summed E-state index contributed by atoms with van der Waals surface area (Å²) in [6.45, 7) is 11.4. The van der Waals surface area contributed by atoms with Gasteiger partial charge in [-0.3, -0.25) is 0 Å². The lowest BCUT2D eigenvalue weighted by Crippen LogP contribution is -2.07. The van der Waals surface area contributed by atoms with Crippen LogP contribution in [-0.2, 0) is 0 Å². The Kier molecular flexibility index (Phi) is 5.09. The van der Waals surface area contributed by atoms with Crippen molar-refractivity contribution in [1.82, 2.24) is 0 Å². The second-order valence-corrected chi connectivity index (χ2v) is 9.48. The van der Waals surface area contributed by atoms with Gasteiger partial charge in [0.15, 0.2) is 0 Å². The van der Waals surface area contributed by atoms with Gasteiger partial charge in [0.2, 0.25) is 0 Å². The standard InChI is InChI=1S/C18H24S2/c1-6-13(2)19-16-12-11-14-9-7-8-10-15(14)17(16)20-18(3,4)5/h7-13H,6H2,1-5H3. The smallest absolute Gasteiger partial charge is 0.0292 e. The SMILES string of the molecule is CCC(C)Sc1ccc2ccccc2c1SC(C)(C)C. The molecule has 108 valence electrons. The molecule has 0 saturated carbocycles. The number of thioether (sulfide) groups is 2. The lowest BCUT2D eigenvalue weighted by molar-refractivity contribution is 0.802. The van der Waals surface area contributed by atoms with Crippen LogP contribution in [0.5, 0.6) is 0 Å². The summed E-state index contributed by atoms with van der Waals surface area (Å²) in [6, 6.07) is 13.3. The molecular formula is C18H24S2. The number of fused-ring (bicyclic) bond motifs is 1. The van der Waals surface area contributed by atoms with E-state index in [1.807, 2.05) is 23.5 Å². The predicted molar refractivity (Wildman–Crippen MR) is 95.2 cm³/mol. The molecule has 0 N–H and O–H groups in total. The zero-order valence-corrected chi connectivity index (χ0v) is 14.7. The largest absolute Gasteiger partial charge is 0.122 e. The molecule has 0 aliphatic rings. The molecule has 0 aromatic heterocycles. The lowest BCUT2D eigenvalue weighted by Gasteiger charge is -2.22. The van der Waals surface area contributed by atoms with E-state index in [0.29, 0.717) is 5.25 Å². The Labute approximate surface area is 131 Å². The van der Waals surface area contributed by atoms with Gasteiger partial charge in [0.25, 0.3) is 0 Å². The minimum absolute atomic E-state index is 0.231. The van der Waals surface area contributed by atoms with Crippen LogP contribution >= 0.6 is 23.5 Å². The van der Waals surface area contributed by atoms with E-state index in [1.54, 1.807) is 0 Å². The Bertz CT molecular complexity index is 581. The molecule has 2 aromatic rings. The van der Waals surface area contributed by atoms with Crippen LogP contribution in [0.3, 0.4) is 0 Å². The first-order chi connectivity index (χ1) is 9.40. The Balaban J connectivity index is 2.52. The third-order valence-corrected chi connectivity index (χ3v) is 5.87. The molecule has 20 heavy (non-hydrogen) atoms. The minimum atomic E-state index is 0.231. The summed E-state index contributed by atoms with van der Waals surface area (Å²) < 4.78 is 0.231. The quantitative estimate of drug-likeness (QED) is 0.582. The molecule has 0 amide bonds. The van der Waals surface area contributed by atoms with Crippen LogP contribution < -0.4 is 0 Å². The number of rotatable bonds is 4. The fraction of sp³-hybridized carbons (Fsp3) is 0.444. The van der Waals surface area contributed by atoms with Crippen LogP contribution in [-0.4, -0.2) is 10.00 Å². The maximum atomic E-state index is 2.31. The van der Waals surface area contributed by atoms with Crippen molar-refractivity contribution in [2.45, 2.75) is 60.8 Å². The molecule has 0 heterocycles. The molecule has 0 aliphatic heterocycles. The highest BCUT2D eigenvalue weighted by atomic mass is 32.2. The molecular weight excluding hydrogens is 280 g/mol. The van der Waals surface area contributed by atoms with Gasteiger partial charge in [-0.15, -0.1) is 23.5 Å². The van der Waals surface area contributed by atoms with Crippen LogP contribution in [0.25, 0.3) is 10.8 Å². The van der Waals surface area contributed by atoms with Gasteiger partial charge in [-0.05, 0) is 23.3 Å². The van der Waals surface area contributed by atoms with Gasteiger partial charge < -0.3 is 0 Å². The topological polar surface area (TPSA) is 0 Å². The van der Waals surface area contributed by atoms with Gasteiger partial charge >= 0.3 is 0 Å². The molecule has 2 heteroatoms. The maximum absolute atomic E-state index is 2.31. The second-order valence-electron chi connectivity index (χ2n) is 6.17. The Morgan fingerprint density at radius 2 is 1.75 bits per heavy atom. The predicted octanol–water partition coefficient (Wildman–Crippen LogP) is 6.62. The highest BCUT2D eigenvalue weighted by molar-refractivity contribution is 8.03. The van der Waals surface area contributed by atoms with Crippen LogP contribution in [0.1, 0.15) is 41.0 Å². The first-order valence-corrected chi connectivity index (χ1v) is 8.97. The van der Waals surface area contributed by atoms with Crippen LogP contribution in [0.4, 0.5) is 0 Å². The summed E-state index contributed by atoms with van der Waals surface area (Å²) in [6.07, 6.45) is 1.21. The molecule has 2 rings (SSSR count). The number of hydrogen-bond acceptors (Lipinski definition) is 2. The van der Waals surface area contributed by atoms with Gasteiger partial charge in [-0.1, -0.05) is 65.0 Å². The zero-order valence-electron chi connectivity index (χ0n) is 13.1. The van der Waals surface area contributed by atoms with Crippen molar-refractivity contribution in [2.75, 3.05) is 0 Å². The van der Waals surface area contributed by atoms with Gasteiger partial charge in [0.05, 0.1) is 0 Å². The molecule has 0 nitrogen and oxygen atoms in total. The molecule has 0 radical (unpaired) electrons. The normalized spacial score (nSPS) is 13.7. The van der Waals surface area contributed by atoms with Crippen molar-refractivity contribution < 1.29 is 0 Å². The summed E-state index contributed by atoms with van der Waals surface area (Å²) in [5, 5.41) is 3.39. The molecule has 2 aromatic carbocycles. The molecule has 1 atom stereocenters. The van der Waals surface area contributed by atoms with Crippen molar-refractivity contribution in [3.8, 4) is 0 Å². The zero-order chi connectivity index (χ0) is 14.8. The summed E-state index contributed by atoms with van der Waals surface area (Å²) >= 11 is 3.99. The molecule has 0 spiro atoms. The van der Waals surface area contributed by atoms with E-state index >= 15 is 0 Å². The summed E-state index contributed by atoms with van der Waals surface area (Å²) in [7, 11) is 0. The first-order valence-electron chi connectivity index (χ1n) is 7.28. The number of hydrogen-bond donors (Lipinski definition) is 0. The Hall–Kier alpha value is -0.600. The van der Waals surface area contributed by atoms with E-state index in [4.69, 9.17) is 0 Å². The van der Waals surface area contributed by atoms with E-state index in [9.17, 15) is 0 Å². The molecule has 0 saturated heterocycles. The first kappa shape index (κ1) is 15.8. The molecule has 0 bridgehead atoms. The van der Waals surface area contributed by atoms with Crippen LogP contribution in [0.15, 0.2) is 46.2 Å². The third kappa shape index (κ3) is 3.95. The Morgan fingerprint density at radius 1 is 1.05 bits per heavy atom. The van der Waals surface area contributed by atoms with Gasteiger partial charge in [-0.2, -0.15) is 0 Å². The van der Waals surface area contributed by atoms with Crippen molar-refractivity contribution in [1.29, 1.82) is 0 Å². The van der Waals surface area contributed by atoms with Crippen LogP contribution in [0.2, 0.25) is 0 Å². The van der Waals surface area contributed by atoms with Crippen molar-refractivity contribution in [3.63, 3.8) is 0 Å².